The van der Waals surface area contributed by atoms with Crippen molar-refractivity contribution >= 4 is 15.9 Å². The first-order valence-corrected chi connectivity index (χ1v) is 8.14. The lowest BCUT2D eigenvalue weighted by Gasteiger charge is -2.12. The van der Waals surface area contributed by atoms with E-state index in [-0.39, 0.29) is 0 Å². The largest absolute Gasteiger partial charge is 0.492 e. The van der Waals surface area contributed by atoms with Gasteiger partial charge in [-0.1, -0.05) is 15.9 Å². The molecule has 1 heterocycles. The quantitative estimate of drug-likeness (QED) is 0.833. The van der Waals surface area contributed by atoms with Crippen molar-refractivity contribution in [2.75, 3.05) is 6.61 Å². The first-order chi connectivity index (χ1) is 10.2. The van der Waals surface area contributed by atoms with Crippen molar-refractivity contribution in [2.24, 2.45) is 0 Å². The normalized spacial score (nSPS) is 14.4. The topological polar surface area (TPSA) is 39.1 Å². The summed E-state index contributed by atoms with van der Waals surface area (Å²) in [6.45, 7) is 4.41. The molecule has 0 unspecified atom stereocenters. The van der Waals surface area contributed by atoms with E-state index < -0.39 is 0 Å². The summed E-state index contributed by atoms with van der Waals surface area (Å²) < 4.78 is 9.09. The summed E-state index contributed by atoms with van der Waals surface area (Å²) >= 11 is 3.42. The summed E-state index contributed by atoms with van der Waals surface area (Å²) in [4.78, 5) is 4.41. The summed E-state index contributed by atoms with van der Waals surface area (Å²) in [7, 11) is 0. The second-order valence-electron chi connectivity index (χ2n) is 5.41. The first-order valence-electron chi connectivity index (χ1n) is 7.35. The van der Waals surface area contributed by atoms with E-state index in [2.05, 4.69) is 30.8 Å². The maximum atomic E-state index is 5.79. The van der Waals surface area contributed by atoms with Crippen LogP contribution < -0.4 is 10.1 Å². The molecule has 1 aliphatic carbocycles. The fraction of sp³-hybridized carbons (Fsp3) is 0.438. The van der Waals surface area contributed by atoms with Crippen LogP contribution in [-0.2, 0) is 13.1 Å². The second kappa shape index (κ2) is 6.62. The minimum absolute atomic E-state index is 0.648. The van der Waals surface area contributed by atoms with E-state index in [0.29, 0.717) is 12.6 Å². The maximum Gasteiger partial charge on any atom is 0.119 e. The Labute approximate surface area is 133 Å². The van der Waals surface area contributed by atoms with Crippen LogP contribution >= 0.6 is 15.9 Å². The zero-order valence-corrected chi connectivity index (χ0v) is 13.8. The Morgan fingerprint density at radius 3 is 2.81 bits per heavy atom. The Morgan fingerprint density at radius 2 is 2.10 bits per heavy atom. The number of ether oxygens (including phenoxy) is 1. The number of imidazole rings is 1. The lowest BCUT2D eigenvalue weighted by Crippen LogP contribution is -2.20. The van der Waals surface area contributed by atoms with Gasteiger partial charge in [0.25, 0.3) is 0 Å². The third kappa shape index (κ3) is 4.08. The molecule has 1 fully saturated rings. The lowest BCUT2D eigenvalue weighted by atomic mass is 10.3. The Bertz CT molecular complexity index is 590. The lowest BCUT2D eigenvalue weighted by molar-refractivity contribution is 0.294. The molecule has 0 radical (unpaired) electrons. The average molecular weight is 350 g/mol. The van der Waals surface area contributed by atoms with Crippen LogP contribution in [0.15, 0.2) is 34.9 Å². The molecule has 0 aliphatic heterocycles. The fourth-order valence-corrected chi connectivity index (χ4v) is 2.55. The molecule has 5 heteroatoms. The summed E-state index contributed by atoms with van der Waals surface area (Å²) in [5.74, 6) is 1.94. The molecule has 1 aromatic heterocycles. The number of aryl methyl sites for hydroxylation is 1. The van der Waals surface area contributed by atoms with E-state index in [1.807, 2.05) is 37.4 Å². The Morgan fingerprint density at radius 1 is 1.33 bits per heavy atom. The zero-order valence-electron chi connectivity index (χ0n) is 12.2. The van der Waals surface area contributed by atoms with Gasteiger partial charge in [0.1, 0.15) is 18.2 Å². The van der Waals surface area contributed by atoms with Crippen molar-refractivity contribution in [3.05, 3.63) is 46.5 Å². The van der Waals surface area contributed by atoms with Crippen LogP contribution in [0.3, 0.4) is 0 Å². The van der Waals surface area contributed by atoms with Crippen molar-refractivity contribution in [2.45, 2.75) is 38.9 Å². The highest BCUT2D eigenvalue weighted by atomic mass is 79.9. The second-order valence-corrected chi connectivity index (χ2v) is 6.32. The predicted molar refractivity (Wildman–Crippen MR) is 86.5 cm³/mol. The number of benzene rings is 1. The smallest absolute Gasteiger partial charge is 0.119 e. The minimum atomic E-state index is 0.648. The number of halogens is 1. The summed E-state index contributed by atoms with van der Waals surface area (Å²) in [6, 6.07) is 8.64. The van der Waals surface area contributed by atoms with Crippen LogP contribution in [0.25, 0.3) is 0 Å². The van der Waals surface area contributed by atoms with Crippen LogP contribution in [0.2, 0.25) is 0 Å². The van der Waals surface area contributed by atoms with Gasteiger partial charge in [-0.3, -0.25) is 0 Å². The molecule has 0 bridgehead atoms. The maximum absolute atomic E-state index is 5.79. The molecule has 1 saturated carbocycles. The molecular formula is C16H20BrN3O. The number of hydrogen-bond acceptors (Lipinski definition) is 3. The van der Waals surface area contributed by atoms with Gasteiger partial charge in [0.2, 0.25) is 0 Å². The van der Waals surface area contributed by atoms with Gasteiger partial charge in [0.15, 0.2) is 0 Å². The fourth-order valence-electron chi connectivity index (χ4n) is 2.28. The number of hydrogen-bond donors (Lipinski definition) is 1. The monoisotopic (exact) mass is 349 g/mol. The molecule has 112 valence electrons. The minimum Gasteiger partial charge on any atom is -0.492 e. The number of aromatic nitrogens is 2. The molecule has 1 aliphatic rings. The average Bonchev–Trinajstić information content (AvgIpc) is 3.25. The standard InChI is InChI=1S/C16H20BrN3O/c1-12-18-10-15(11-19-14-4-5-14)20(12)8-9-21-16-6-2-13(17)3-7-16/h2-3,6-7,10,14,19H,4-5,8-9,11H2,1H3. The molecule has 2 aromatic rings. The molecule has 0 saturated heterocycles. The van der Waals surface area contributed by atoms with Crippen LogP contribution in [0.1, 0.15) is 24.4 Å². The molecule has 1 N–H and O–H groups in total. The molecule has 4 nitrogen and oxygen atoms in total. The number of rotatable bonds is 7. The van der Waals surface area contributed by atoms with E-state index in [1.54, 1.807) is 0 Å². The van der Waals surface area contributed by atoms with Crippen molar-refractivity contribution in [3.63, 3.8) is 0 Å². The SMILES string of the molecule is Cc1ncc(CNC2CC2)n1CCOc1ccc(Br)cc1. The van der Waals surface area contributed by atoms with Crippen LogP contribution in [-0.4, -0.2) is 22.2 Å². The Hall–Kier alpha value is -1.33. The van der Waals surface area contributed by atoms with Gasteiger partial charge in [0.05, 0.1) is 12.2 Å². The Kier molecular flexibility index (Phi) is 4.60. The van der Waals surface area contributed by atoms with Crippen LogP contribution in [0.5, 0.6) is 5.75 Å². The molecular weight excluding hydrogens is 330 g/mol. The van der Waals surface area contributed by atoms with Crippen molar-refractivity contribution < 1.29 is 4.74 Å². The molecule has 0 atom stereocenters. The van der Waals surface area contributed by atoms with Crippen molar-refractivity contribution in [1.29, 1.82) is 0 Å². The predicted octanol–water partition coefficient (Wildman–Crippen LogP) is 3.29. The van der Waals surface area contributed by atoms with Gasteiger partial charge in [-0.15, -0.1) is 0 Å². The van der Waals surface area contributed by atoms with Gasteiger partial charge >= 0.3 is 0 Å². The van der Waals surface area contributed by atoms with E-state index in [0.717, 1.165) is 29.1 Å². The van der Waals surface area contributed by atoms with Crippen molar-refractivity contribution in [3.8, 4) is 5.75 Å². The molecule has 0 spiro atoms. The number of nitrogens with zero attached hydrogens (tertiary/aromatic N) is 2. The van der Waals surface area contributed by atoms with E-state index in [9.17, 15) is 0 Å². The van der Waals surface area contributed by atoms with Crippen molar-refractivity contribution in [1.82, 2.24) is 14.9 Å². The summed E-state index contributed by atoms with van der Waals surface area (Å²) in [5, 5.41) is 3.53. The molecule has 0 amide bonds. The number of nitrogens with one attached hydrogen (secondary N) is 1. The summed E-state index contributed by atoms with van der Waals surface area (Å²) in [6.07, 6.45) is 4.57. The van der Waals surface area contributed by atoms with Gasteiger partial charge in [0, 0.05) is 23.3 Å². The van der Waals surface area contributed by atoms with Crippen LogP contribution in [0, 0.1) is 6.92 Å². The third-order valence-electron chi connectivity index (χ3n) is 3.68. The van der Waals surface area contributed by atoms with E-state index in [4.69, 9.17) is 4.74 Å². The third-order valence-corrected chi connectivity index (χ3v) is 4.21. The van der Waals surface area contributed by atoms with E-state index in [1.165, 1.54) is 18.5 Å². The molecule has 3 rings (SSSR count). The molecule has 21 heavy (non-hydrogen) atoms. The highest BCUT2D eigenvalue weighted by Crippen LogP contribution is 2.19. The highest BCUT2D eigenvalue weighted by molar-refractivity contribution is 9.10. The van der Waals surface area contributed by atoms with Gasteiger partial charge < -0.3 is 14.6 Å². The van der Waals surface area contributed by atoms with Gasteiger partial charge in [-0.2, -0.15) is 0 Å². The zero-order chi connectivity index (χ0) is 14.7. The Balaban J connectivity index is 1.53. The first kappa shape index (κ1) is 14.6. The van der Waals surface area contributed by atoms with Crippen LogP contribution in [0.4, 0.5) is 0 Å². The molecule has 1 aromatic carbocycles. The van der Waals surface area contributed by atoms with Gasteiger partial charge in [-0.25, -0.2) is 4.98 Å². The highest BCUT2D eigenvalue weighted by Gasteiger charge is 2.20. The van der Waals surface area contributed by atoms with E-state index >= 15 is 0 Å². The summed E-state index contributed by atoms with van der Waals surface area (Å²) in [5.41, 5.74) is 1.24. The van der Waals surface area contributed by atoms with Gasteiger partial charge in [-0.05, 0) is 44.0 Å².